The largest absolute Gasteiger partial charge is 0.466 e. The van der Waals surface area contributed by atoms with Crippen LogP contribution in [0.3, 0.4) is 0 Å². The molecule has 114 valence electrons. The Labute approximate surface area is 130 Å². The zero-order chi connectivity index (χ0) is 15.4. The van der Waals surface area contributed by atoms with Crippen LogP contribution in [0.1, 0.15) is 35.7 Å². The van der Waals surface area contributed by atoms with Crippen molar-refractivity contribution in [3.63, 3.8) is 0 Å². The minimum Gasteiger partial charge on any atom is -0.466 e. The highest BCUT2D eigenvalue weighted by Crippen LogP contribution is 2.25. The van der Waals surface area contributed by atoms with Gasteiger partial charge in [-0.2, -0.15) is 0 Å². The first kappa shape index (κ1) is 15.8. The Kier molecular flexibility index (Phi) is 5.23. The molecule has 0 unspecified atom stereocenters. The van der Waals surface area contributed by atoms with Crippen LogP contribution in [0.2, 0.25) is 5.02 Å². The number of ether oxygens (including phenoxy) is 1. The molecule has 4 nitrogen and oxygen atoms in total. The van der Waals surface area contributed by atoms with Crippen molar-refractivity contribution in [2.75, 3.05) is 19.7 Å². The van der Waals surface area contributed by atoms with Crippen LogP contribution in [-0.4, -0.2) is 36.5 Å². The summed E-state index contributed by atoms with van der Waals surface area (Å²) in [5, 5.41) is 0.487. The minimum absolute atomic E-state index is 0.113. The molecule has 1 fully saturated rings. The lowest BCUT2D eigenvalue weighted by molar-refractivity contribution is -0.149. The van der Waals surface area contributed by atoms with Crippen molar-refractivity contribution in [2.45, 2.75) is 26.7 Å². The van der Waals surface area contributed by atoms with Crippen LogP contribution in [-0.2, 0) is 9.53 Å². The molecule has 21 heavy (non-hydrogen) atoms. The van der Waals surface area contributed by atoms with Gasteiger partial charge in [-0.05, 0) is 38.3 Å². The van der Waals surface area contributed by atoms with E-state index in [9.17, 15) is 9.59 Å². The molecule has 1 aromatic carbocycles. The van der Waals surface area contributed by atoms with Gasteiger partial charge in [0.1, 0.15) is 0 Å². The smallest absolute Gasteiger partial charge is 0.310 e. The van der Waals surface area contributed by atoms with Crippen molar-refractivity contribution in [3.05, 3.63) is 34.3 Å². The fraction of sp³-hybridized carbons (Fsp3) is 0.500. The summed E-state index contributed by atoms with van der Waals surface area (Å²) >= 11 is 6.22. The van der Waals surface area contributed by atoms with E-state index < -0.39 is 0 Å². The average molecular weight is 310 g/mol. The van der Waals surface area contributed by atoms with E-state index in [1.807, 2.05) is 19.1 Å². The lowest BCUT2D eigenvalue weighted by atomic mass is 9.97. The number of aryl methyl sites for hydroxylation is 1. The van der Waals surface area contributed by atoms with E-state index in [-0.39, 0.29) is 17.8 Å². The predicted molar refractivity (Wildman–Crippen MR) is 81.4 cm³/mol. The lowest BCUT2D eigenvalue weighted by Gasteiger charge is -2.31. The molecule has 1 heterocycles. The molecule has 0 spiro atoms. The van der Waals surface area contributed by atoms with Gasteiger partial charge < -0.3 is 9.64 Å². The number of halogens is 1. The Hall–Kier alpha value is -1.55. The Morgan fingerprint density at radius 2 is 2.19 bits per heavy atom. The summed E-state index contributed by atoms with van der Waals surface area (Å²) in [5.41, 5.74) is 1.38. The molecule has 0 N–H and O–H groups in total. The molecule has 1 amide bonds. The first-order valence-electron chi connectivity index (χ1n) is 7.25. The number of amides is 1. The maximum atomic E-state index is 12.6. The Morgan fingerprint density at radius 3 is 2.90 bits per heavy atom. The third-order valence-corrected chi connectivity index (χ3v) is 4.25. The summed E-state index contributed by atoms with van der Waals surface area (Å²) < 4.78 is 5.06. The van der Waals surface area contributed by atoms with Crippen molar-refractivity contribution in [2.24, 2.45) is 5.92 Å². The standard InChI is InChI=1S/C16H20ClNO3/c1-3-21-16(20)12-7-5-9-18(10-12)15(19)13-8-4-6-11(2)14(13)17/h4,6,8,12H,3,5,7,9-10H2,1-2H3/t12-/m1/s1. The Morgan fingerprint density at radius 1 is 1.43 bits per heavy atom. The topological polar surface area (TPSA) is 46.6 Å². The highest BCUT2D eigenvalue weighted by Gasteiger charge is 2.30. The summed E-state index contributed by atoms with van der Waals surface area (Å²) in [6.45, 7) is 5.08. The summed E-state index contributed by atoms with van der Waals surface area (Å²) in [4.78, 5) is 26.1. The Bertz CT molecular complexity index is 544. The number of benzene rings is 1. The second-order valence-electron chi connectivity index (χ2n) is 5.28. The molecule has 0 aliphatic carbocycles. The molecule has 1 aromatic rings. The molecule has 1 atom stereocenters. The summed E-state index contributed by atoms with van der Waals surface area (Å²) in [6.07, 6.45) is 1.57. The number of piperidine rings is 1. The fourth-order valence-corrected chi connectivity index (χ4v) is 2.80. The molecular weight excluding hydrogens is 290 g/mol. The summed E-state index contributed by atoms with van der Waals surface area (Å²) in [7, 11) is 0. The van der Waals surface area contributed by atoms with Crippen molar-refractivity contribution in [1.29, 1.82) is 0 Å². The van der Waals surface area contributed by atoms with Gasteiger partial charge in [0.15, 0.2) is 0 Å². The lowest BCUT2D eigenvalue weighted by Crippen LogP contribution is -2.42. The third kappa shape index (κ3) is 3.56. The molecule has 0 saturated carbocycles. The zero-order valence-electron chi connectivity index (χ0n) is 12.4. The van der Waals surface area contributed by atoms with Crippen LogP contribution in [0.15, 0.2) is 18.2 Å². The van der Waals surface area contributed by atoms with Crippen molar-refractivity contribution >= 4 is 23.5 Å². The maximum absolute atomic E-state index is 12.6. The fourth-order valence-electron chi connectivity index (χ4n) is 2.60. The highest BCUT2D eigenvalue weighted by atomic mass is 35.5. The number of hydrogen-bond donors (Lipinski definition) is 0. The number of carbonyl (C=O) groups excluding carboxylic acids is 2. The molecule has 1 saturated heterocycles. The van der Waals surface area contributed by atoms with E-state index >= 15 is 0 Å². The van der Waals surface area contributed by atoms with Gasteiger partial charge in [-0.25, -0.2) is 0 Å². The number of rotatable bonds is 3. The van der Waals surface area contributed by atoms with Gasteiger partial charge in [0.2, 0.25) is 0 Å². The van der Waals surface area contributed by atoms with Crippen LogP contribution in [0, 0.1) is 12.8 Å². The molecular formula is C16H20ClNO3. The van der Waals surface area contributed by atoms with E-state index in [0.717, 1.165) is 18.4 Å². The average Bonchev–Trinajstić information content (AvgIpc) is 2.50. The van der Waals surface area contributed by atoms with Crippen LogP contribution < -0.4 is 0 Å². The summed E-state index contributed by atoms with van der Waals surface area (Å²) in [5.74, 6) is -0.561. The normalized spacial score (nSPS) is 18.4. The molecule has 0 radical (unpaired) electrons. The molecule has 2 rings (SSSR count). The quantitative estimate of drug-likeness (QED) is 0.806. The first-order valence-corrected chi connectivity index (χ1v) is 7.63. The van der Waals surface area contributed by atoms with Gasteiger partial charge in [0.25, 0.3) is 5.91 Å². The molecule has 0 aromatic heterocycles. The monoisotopic (exact) mass is 309 g/mol. The number of nitrogens with zero attached hydrogens (tertiary/aromatic N) is 1. The number of likely N-dealkylation sites (tertiary alicyclic amines) is 1. The van der Waals surface area contributed by atoms with E-state index in [0.29, 0.717) is 30.3 Å². The van der Waals surface area contributed by atoms with Gasteiger partial charge in [-0.3, -0.25) is 9.59 Å². The van der Waals surface area contributed by atoms with Gasteiger partial charge in [0.05, 0.1) is 23.1 Å². The summed E-state index contributed by atoms with van der Waals surface area (Å²) in [6, 6.07) is 5.42. The van der Waals surface area contributed by atoms with Gasteiger partial charge in [-0.1, -0.05) is 23.7 Å². The van der Waals surface area contributed by atoms with Gasteiger partial charge >= 0.3 is 5.97 Å². The SMILES string of the molecule is CCOC(=O)[C@@H]1CCCN(C(=O)c2cccc(C)c2Cl)C1. The minimum atomic E-state index is -0.230. The Balaban J connectivity index is 2.12. The van der Waals surface area contributed by atoms with E-state index in [1.54, 1.807) is 17.9 Å². The molecule has 1 aliphatic heterocycles. The first-order chi connectivity index (χ1) is 10.0. The maximum Gasteiger partial charge on any atom is 0.310 e. The second kappa shape index (κ2) is 6.94. The molecule has 5 heteroatoms. The highest BCUT2D eigenvalue weighted by molar-refractivity contribution is 6.34. The second-order valence-corrected chi connectivity index (χ2v) is 5.66. The van der Waals surface area contributed by atoms with E-state index in [1.165, 1.54) is 0 Å². The van der Waals surface area contributed by atoms with Crippen molar-refractivity contribution in [1.82, 2.24) is 4.90 Å². The predicted octanol–water partition coefficient (Wildman–Crippen LogP) is 3.06. The number of hydrogen-bond acceptors (Lipinski definition) is 3. The van der Waals surface area contributed by atoms with Gasteiger partial charge in [0, 0.05) is 13.1 Å². The molecule has 1 aliphatic rings. The van der Waals surface area contributed by atoms with Crippen molar-refractivity contribution in [3.8, 4) is 0 Å². The molecule has 0 bridgehead atoms. The third-order valence-electron chi connectivity index (χ3n) is 3.75. The van der Waals surface area contributed by atoms with Gasteiger partial charge in [-0.15, -0.1) is 0 Å². The van der Waals surface area contributed by atoms with E-state index in [4.69, 9.17) is 16.3 Å². The van der Waals surface area contributed by atoms with E-state index in [2.05, 4.69) is 0 Å². The van der Waals surface area contributed by atoms with Crippen LogP contribution in [0.25, 0.3) is 0 Å². The van der Waals surface area contributed by atoms with Crippen LogP contribution in [0.5, 0.6) is 0 Å². The number of carbonyl (C=O) groups is 2. The van der Waals surface area contributed by atoms with Crippen molar-refractivity contribution < 1.29 is 14.3 Å². The van der Waals surface area contributed by atoms with Crippen LogP contribution >= 0.6 is 11.6 Å². The van der Waals surface area contributed by atoms with Crippen LogP contribution in [0.4, 0.5) is 0 Å². The number of esters is 1. The zero-order valence-corrected chi connectivity index (χ0v) is 13.2.